The molecule has 30 heavy (non-hydrogen) atoms. The molecule has 1 aliphatic rings. The molecule has 0 aliphatic carbocycles. The highest BCUT2D eigenvalue weighted by atomic mass is 79.9. The van der Waals surface area contributed by atoms with E-state index < -0.39 is 15.8 Å². The van der Waals surface area contributed by atoms with Gasteiger partial charge in [0.1, 0.15) is 5.82 Å². The van der Waals surface area contributed by atoms with E-state index >= 15 is 0 Å². The van der Waals surface area contributed by atoms with Gasteiger partial charge in [-0.1, -0.05) is 33.6 Å². The second kappa shape index (κ2) is 9.78. The Kier molecular flexibility index (Phi) is 7.35. The molecule has 2 aromatic rings. The van der Waals surface area contributed by atoms with Crippen molar-refractivity contribution in [3.8, 4) is 0 Å². The molecule has 0 aromatic heterocycles. The average molecular weight is 497 g/mol. The molecule has 0 spiro atoms. The first kappa shape index (κ1) is 22.5. The molecule has 1 amide bonds. The first-order valence-corrected chi connectivity index (χ1v) is 11.5. The number of amides is 1. The molecule has 2 aromatic carbocycles. The van der Waals surface area contributed by atoms with Gasteiger partial charge in [0.2, 0.25) is 10.0 Å². The van der Waals surface area contributed by atoms with Gasteiger partial charge in [0, 0.05) is 36.2 Å². The highest BCUT2D eigenvalue weighted by Gasteiger charge is 2.28. The topological polar surface area (TPSA) is 82.1 Å². The molecule has 1 N–H and O–H groups in total. The van der Waals surface area contributed by atoms with E-state index in [1.165, 1.54) is 16.6 Å². The van der Waals surface area contributed by atoms with Crippen molar-refractivity contribution in [1.29, 1.82) is 0 Å². The number of benzene rings is 2. The van der Waals surface area contributed by atoms with Crippen molar-refractivity contribution in [3.63, 3.8) is 0 Å². The fraction of sp³-hybridized carbons (Fsp3) is 0.300. The van der Waals surface area contributed by atoms with Gasteiger partial charge in [0.25, 0.3) is 5.91 Å². The minimum atomic E-state index is -3.54. The van der Waals surface area contributed by atoms with Crippen LogP contribution in [0.2, 0.25) is 0 Å². The standard InChI is InChI=1S/C20H22BrFN4O3S/c1-15-2-5-18(6-3-15)30(28,29)26-10-8-25(9-11-26)14-20(27)24-23-13-16-12-17(21)4-7-19(16)22/h2-7,12-13H,8-11,14H2,1H3,(H,24,27)/b23-13+. The molecule has 160 valence electrons. The maximum atomic E-state index is 13.7. The molecule has 3 rings (SSSR count). The molecule has 0 radical (unpaired) electrons. The monoisotopic (exact) mass is 496 g/mol. The van der Waals surface area contributed by atoms with E-state index in [-0.39, 0.29) is 22.9 Å². The van der Waals surface area contributed by atoms with Crippen LogP contribution in [-0.4, -0.2) is 62.5 Å². The van der Waals surface area contributed by atoms with Gasteiger partial charge in [0.15, 0.2) is 0 Å². The minimum absolute atomic E-state index is 0.0801. The Balaban J connectivity index is 1.49. The summed E-state index contributed by atoms with van der Waals surface area (Å²) in [6, 6.07) is 11.2. The van der Waals surface area contributed by atoms with Gasteiger partial charge in [-0.25, -0.2) is 18.2 Å². The van der Waals surface area contributed by atoms with Crippen molar-refractivity contribution in [2.45, 2.75) is 11.8 Å². The zero-order chi connectivity index (χ0) is 21.7. The number of nitrogens with zero attached hydrogens (tertiary/aromatic N) is 3. The zero-order valence-corrected chi connectivity index (χ0v) is 18.8. The number of hydrogen-bond acceptors (Lipinski definition) is 5. The summed E-state index contributed by atoms with van der Waals surface area (Å²) < 4.78 is 41.2. The molecule has 0 bridgehead atoms. The number of nitrogens with one attached hydrogen (secondary N) is 1. The molecule has 10 heteroatoms. The number of piperazine rings is 1. The summed E-state index contributed by atoms with van der Waals surface area (Å²) in [6.07, 6.45) is 1.24. The van der Waals surface area contributed by atoms with Crippen molar-refractivity contribution in [2.24, 2.45) is 5.10 Å². The molecular formula is C20H22BrFN4O3S. The number of halogens is 2. The first-order valence-electron chi connectivity index (χ1n) is 9.32. The number of carbonyl (C=O) groups excluding carboxylic acids is 1. The molecule has 1 heterocycles. The maximum Gasteiger partial charge on any atom is 0.254 e. The average Bonchev–Trinajstić information content (AvgIpc) is 2.71. The van der Waals surface area contributed by atoms with E-state index in [0.717, 1.165) is 5.56 Å². The van der Waals surface area contributed by atoms with Crippen LogP contribution in [0.3, 0.4) is 0 Å². The van der Waals surface area contributed by atoms with Crippen LogP contribution in [0.15, 0.2) is 56.9 Å². The van der Waals surface area contributed by atoms with E-state index in [9.17, 15) is 17.6 Å². The lowest BCUT2D eigenvalue weighted by Crippen LogP contribution is -2.50. The highest BCUT2D eigenvalue weighted by molar-refractivity contribution is 9.10. The molecule has 7 nitrogen and oxygen atoms in total. The van der Waals surface area contributed by atoms with Crippen LogP contribution < -0.4 is 5.43 Å². The molecular weight excluding hydrogens is 475 g/mol. The summed E-state index contributed by atoms with van der Waals surface area (Å²) in [4.78, 5) is 14.2. The van der Waals surface area contributed by atoms with Crippen LogP contribution in [0.25, 0.3) is 0 Å². The van der Waals surface area contributed by atoms with Crippen molar-refractivity contribution in [2.75, 3.05) is 32.7 Å². The highest BCUT2D eigenvalue weighted by Crippen LogP contribution is 2.18. The summed E-state index contributed by atoms with van der Waals surface area (Å²) >= 11 is 3.25. The molecule has 0 atom stereocenters. The molecule has 0 unspecified atom stereocenters. The van der Waals surface area contributed by atoms with Gasteiger partial charge >= 0.3 is 0 Å². The van der Waals surface area contributed by atoms with Gasteiger partial charge in [-0.05, 0) is 37.3 Å². The maximum absolute atomic E-state index is 13.7. The summed E-state index contributed by atoms with van der Waals surface area (Å²) in [5, 5.41) is 3.79. The second-order valence-electron chi connectivity index (χ2n) is 6.95. The van der Waals surface area contributed by atoms with Crippen LogP contribution in [0.4, 0.5) is 4.39 Å². The van der Waals surface area contributed by atoms with Crippen molar-refractivity contribution >= 4 is 38.1 Å². The number of hydrogen-bond donors (Lipinski definition) is 1. The summed E-state index contributed by atoms with van der Waals surface area (Å²) in [5.41, 5.74) is 3.62. The van der Waals surface area contributed by atoms with Crippen molar-refractivity contribution in [1.82, 2.24) is 14.6 Å². The Morgan fingerprint density at radius 2 is 1.83 bits per heavy atom. The summed E-state index contributed by atoms with van der Waals surface area (Å²) in [7, 11) is -3.54. The van der Waals surface area contributed by atoms with Crippen LogP contribution in [-0.2, 0) is 14.8 Å². The molecule has 0 saturated carbocycles. The summed E-state index contributed by atoms with van der Waals surface area (Å²) in [5.74, 6) is -0.793. The van der Waals surface area contributed by atoms with E-state index in [0.29, 0.717) is 30.7 Å². The van der Waals surface area contributed by atoms with E-state index in [1.54, 1.807) is 36.4 Å². The fourth-order valence-corrected chi connectivity index (χ4v) is 4.81. The number of sulfonamides is 1. The van der Waals surface area contributed by atoms with Crippen LogP contribution in [0.1, 0.15) is 11.1 Å². The van der Waals surface area contributed by atoms with E-state index in [4.69, 9.17) is 0 Å². The largest absolute Gasteiger partial charge is 0.292 e. The van der Waals surface area contributed by atoms with Gasteiger partial charge in [-0.15, -0.1) is 0 Å². The molecule has 1 saturated heterocycles. The zero-order valence-electron chi connectivity index (χ0n) is 16.4. The lowest BCUT2D eigenvalue weighted by molar-refractivity contribution is -0.122. The third-order valence-corrected chi connectivity index (χ3v) is 7.11. The number of aryl methyl sites for hydroxylation is 1. The van der Waals surface area contributed by atoms with E-state index in [1.807, 2.05) is 11.8 Å². The van der Waals surface area contributed by atoms with Crippen molar-refractivity contribution in [3.05, 3.63) is 63.9 Å². The third-order valence-electron chi connectivity index (χ3n) is 4.71. The van der Waals surface area contributed by atoms with Gasteiger partial charge in [-0.3, -0.25) is 9.69 Å². The normalized spacial score (nSPS) is 16.1. The number of rotatable bonds is 6. The lowest BCUT2D eigenvalue weighted by atomic mass is 10.2. The van der Waals surface area contributed by atoms with Gasteiger partial charge < -0.3 is 0 Å². The van der Waals surface area contributed by atoms with Crippen LogP contribution in [0.5, 0.6) is 0 Å². The first-order chi connectivity index (χ1) is 14.3. The Labute approximate surface area is 183 Å². The van der Waals surface area contributed by atoms with Gasteiger partial charge in [0.05, 0.1) is 17.7 Å². The van der Waals surface area contributed by atoms with Crippen LogP contribution in [0, 0.1) is 12.7 Å². The Morgan fingerprint density at radius 1 is 1.17 bits per heavy atom. The third kappa shape index (κ3) is 5.72. The Bertz CT molecular complexity index is 1040. The minimum Gasteiger partial charge on any atom is -0.292 e. The Hall–Kier alpha value is -2.14. The second-order valence-corrected chi connectivity index (χ2v) is 9.81. The quantitative estimate of drug-likeness (QED) is 0.491. The van der Waals surface area contributed by atoms with Crippen molar-refractivity contribution < 1.29 is 17.6 Å². The predicted molar refractivity (Wildman–Crippen MR) is 116 cm³/mol. The van der Waals surface area contributed by atoms with Gasteiger partial charge in [-0.2, -0.15) is 9.41 Å². The predicted octanol–water partition coefficient (Wildman–Crippen LogP) is 2.35. The Morgan fingerprint density at radius 3 is 2.50 bits per heavy atom. The smallest absolute Gasteiger partial charge is 0.254 e. The SMILES string of the molecule is Cc1ccc(S(=O)(=O)N2CCN(CC(=O)N/N=C/c3cc(Br)ccc3F)CC2)cc1. The molecule has 1 aliphatic heterocycles. The number of hydrazone groups is 1. The van der Waals surface area contributed by atoms with E-state index in [2.05, 4.69) is 26.5 Å². The lowest BCUT2D eigenvalue weighted by Gasteiger charge is -2.33. The van der Waals surface area contributed by atoms with Crippen LogP contribution >= 0.6 is 15.9 Å². The summed E-state index contributed by atoms with van der Waals surface area (Å²) in [6.45, 7) is 3.45. The fourth-order valence-electron chi connectivity index (χ4n) is 3.01. The number of carbonyl (C=O) groups is 1. The molecule has 1 fully saturated rings.